The fourth-order valence-electron chi connectivity index (χ4n) is 2.68. The number of likely N-dealkylation sites (N-methyl/N-ethyl adjacent to an activating group) is 1. The summed E-state index contributed by atoms with van der Waals surface area (Å²) in [6.07, 6.45) is 0. The number of hydrogen-bond acceptors (Lipinski definition) is 5. The van der Waals surface area contributed by atoms with Crippen LogP contribution in [0.3, 0.4) is 0 Å². The summed E-state index contributed by atoms with van der Waals surface area (Å²) in [5.41, 5.74) is 5.85. The third-order valence-electron chi connectivity index (χ3n) is 3.83. The van der Waals surface area contributed by atoms with Crippen LogP contribution in [-0.2, 0) is 19.1 Å². The molecule has 2 saturated heterocycles. The van der Waals surface area contributed by atoms with Gasteiger partial charge < -0.3 is 25.2 Å². The summed E-state index contributed by atoms with van der Waals surface area (Å²) in [5.74, 6) is -2.10. The normalized spacial score (nSPS) is 34.4. The molecule has 4 atom stereocenters. The Morgan fingerprint density at radius 3 is 2.37 bits per heavy atom. The van der Waals surface area contributed by atoms with Crippen molar-refractivity contribution in [2.24, 2.45) is 17.6 Å². The van der Waals surface area contributed by atoms with Gasteiger partial charge in [-0.05, 0) is 6.92 Å². The molecule has 4 unspecified atom stereocenters. The van der Waals surface area contributed by atoms with E-state index in [2.05, 4.69) is 0 Å². The zero-order chi connectivity index (χ0) is 14.0. The molecule has 0 saturated carbocycles. The standard InChI is InChI=1S/C12H20N2O5/c1-2-14(10-6-19-4-8(10)12(16)17)11(15)7-3-18-5-9(7)13/h7-10H,2-6,13H2,1H3,(H,16,17). The molecule has 2 aliphatic rings. The summed E-state index contributed by atoms with van der Waals surface area (Å²) in [4.78, 5) is 25.2. The third-order valence-corrected chi connectivity index (χ3v) is 3.83. The van der Waals surface area contributed by atoms with E-state index in [-0.39, 0.29) is 31.1 Å². The Kier molecular flexibility index (Phi) is 4.38. The molecule has 0 aromatic heterocycles. The van der Waals surface area contributed by atoms with Crippen molar-refractivity contribution in [3.63, 3.8) is 0 Å². The van der Waals surface area contributed by atoms with E-state index in [9.17, 15) is 9.59 Å². The lowest BCUT2D eigenvalue weighted by atomic mass is 9.97. The molecule has 0 aromatic rings. The van der Waals surface area contributed by atoms with E-state index >= 15 is 0 Å². The highest BCUT2D eigenvalue weighted by Crippen LogP contribution is 2.24. The first kappa shape index (κ1) is 14.2. The van der Waals surface area contributed by atoms with Gasteiger partial charge in [0.25, 0.3) is 0 Å². The maximum atomic E-state index is 12.5. The lowest BCUT2D eigenvalue weighted by molar-refractivity contribution is -0.146. The molecular formula is C12H20N2O5. The number of carboxylic acids is 1. The van der Waals surface area contributed by atoms with Crippen molar-refractivity contribution in [1.82, 2.24) is 4.90 Å². The first-order valence-electron chi connectivity index (χ1n) is 6.50. The fraction of sp³-hybridized carbons (Fsp3) is 0.833. The SMILES string of the molecule is CCN(C(=O)C1COCC1N)C1COCC1C(=O)O. The molecule has 7 heteroatoms. The summed E-state index contributed by atoms with van der Waals surface area (Å²) in [5, 5.41) is 9.16. The van der Waals surface area contributed by atoms with Crippen molar-refractivity contribution in [2.75, 3.05) is 33.0 Å². The van der Waals surface area contributed by atoms with Crippen LogP contribution in [0.1, 0.15) is 6.92 Å². The molecule has 2 rings (SSSR count). The van der Waals surface area contributed by atoms with E-state index < -0.39 is 17.9 Å². The van der Waals surface area contributed by atoms with Crippen molar-refractivity contribution in [3.05, 3.63) is 0 Å². The second-order valence-electron chi connectivity index (χ2n) is 4.98. The minimum atomic E-state index is -0.930. The van der Waals surface area contributed by atoms with Crippen molar-refractivity contribution in [2.45, 2.75) is 19.0 Å². The van der Waals surface area contributed by atoms with Gasteiger partial charge in [0, 0.05) is 12.6 Å². The quantitative estimate of drug-likeness (QED) is 0.674. The van der Waals surface area contributed by atoms with E-state index in [1.807, 2.05) is 6.92 Å². The topological polar surface area (TPSA) is 102 Å². The summed E-state index contributed by atoms with van der Waals surface area (Å²) >= 11 is 0. The van der Waals surface area contributed by atoms with Crippen molar-refractivity contribution < 1.29 is 24.2 Å². The minimum Gasteiger partial charge on any atom is -0.481 e. The highest BCUT2D eigenvalue weighted by Gasteiger charge is 2.43. The highest BCUT2D eigenvalue weighted by atomic mass is 16.5. The molecule has 0 aliphatic carbocycles. The zero-order valence-corrected chi connectivity index (χ0v) is 10.9. The van der Waals surface area contributed by atoms with Crippen LogP contribution >= 0.6 is 0 Å². The summed E-state index contributed by atoms with van der Waals surface area (Å²) < 4.78 is 10.4. The Labute approximate surface area is 111 Å². The molecule has 1 amide bonds. The van der Waals surface area contributed by atoms with Crippen LogP contribution in [0.25, 0.3) is 0 Å². The van der Waals surface area contributed by atoms with Gasteiger partial charge in [-0.25, -0.2) is 0 Å². The number of hydrogen-bond donors (Lipinski definition) is 2. The molecule has 2 heterocycles. The third kappa shape index (κ3) is 2.72. The van der Waals surface area contributed by atoms with Gasteiger partial charge in [-0.2, -0.15) is 0 Å². The largest absolute Gasteiger partial charge is 0.481 e. The van der Waals surface area contributed by atoms with Crippen molar-refractivity contribution in [3.8, 4) is 0 Å². The Bertz CT molecular complexity index is 362. The van der Waals surface area contributed by atoms with Crippen LogP contribution < -0.4 is 5.73 Å². The molecular weight excluding hydrogens is 252 g/mol. The molecule has 2 fully saturated rings. The minimum absolute atomic E-state index is 0.130. The van der Waals surface area contributed by atoms with Crippen LogP contribution in [0.4, 0.5) is 0 Å². The first-order valence-corrected chi connectivity index (χ1v) is 6.50. The molecule has 3 N–H and O–H groups in total. The number of ether oxygens (including phenoxy) is 2. The number of nitrogens with zero attached hydrogens (tertiary/aromatic N) is 1. The lowest BCUT2D eigenvalue weighted by Gasteiger charge is -2.32. The van der Waals surface area contributed by atoms with E-state index in [4.69, 9.17) is 20.3 Å². The van der Waals surface area contributed by atoms with Crippen LogP contribution in [0.2, 0.25) is 0 Å². The second kappa shape index (κ2) is 5.85. The molecule has 0 bridgehead atoms. The van der Waals surface area contributed by atoms with Gasteiger partial charge in [0.1, 0.15) is 5.92 Å². The monoisotopic (exact) mass is 272 g/mol. The smallest absolute Gasteiger partial charge is 0.311 e. The van der Waals surface area contributed by atoms with Crippen LogP contribution in [0, 0.1) is 11.8 Å². The highest BCUT2D eigenvalue weighted by molar-refractivity contribution is 5.81. The number of carbonyl (C=O) groups excluding carboxylic acids is 1. The van der Waals surface area contributed by atoms with Gasteiger partial charge >= 0.3 is 5.97 Å². The summed E-state index contributed by atoms with van der Waals surface area (Å²) in [6.45, 7) is 3.37. The maximum Gasteiger partial charge on any atom is 0.311 e. The number of carboxylic acid groups (broad SMARTS) is 1. The average molecular weight is 272 g/mol. The number of aliphatic carboxylic acids is 1. The molecule has 0 aromatic carbocycles. The Morgan fingerprint density at radius 2 is 1.84 bits per heavy atom. The first-order chi connectivity index (χ1) is 9.06. The van der Waals surface area contributed by atoms with Crippen LogP contribution in [-0.4, -0.2) is 66.9 Å². The average Bonchev–Trinajstić information content (AvgIpc) is 2.98. The van der Waals surface area contributed by atoms with E-state index in [1.165, 1.54) is 0 Å². The second-order valence-corrected chi connectivity index (χ2v) is 4.98. The fourth-order valence-corrected chi connectivity index (χ4v) is 2.68. The van der Waals surface area contributed by atoms with Gasteiger partial charge in [0.15, 0.2) is 0 Å². The Morgan fingerprint density at radius 1 is 1.21 bits per heavy atom. The molecule has 0 spiro atoms. The van der Waals surface area contributed by atoms with Gasteiger partial charge in [-0.1, -0.05) is 0 Å². The number of nitrogens with two attached hydrogens (primary N) is 1. The molecule has 108 valence electrons. The van der Waals surface area contributed by atoms with Gasteiger partial charge in [0.2, 0.25) is 5.91 Å². The lowest BCUT2D eigenvalue weighted by Crippen LogP contribution is -2.51. The van der Waals surface area contributed by atoms with Gasteiger partial charge in [-0.15, -0.1) is 0 Å². The molecule has 19 heavy (non-hydrogen) atoms. The maximum absolute atomic E-state index is 12.5. The number of rotatable bonds is 4. The zero-order valence-electron chi connectivity index (χ0n) is 10.9. The number of amides is 1. The molecule has 7 nitrogen and oxygen atoms in total. The van der Waals surface area contributed by atoms with Crippen LogP contribution in [0.5, 0.6) is 0 Å². The van der Waals surface area contributed by atoms with Gasteiger partial charge in [0.05, 0.1) is 38.4 Å². The predicted octanol–water partition coefficient (Wildman–Crippen LogP) is -1.09. The van der Waals surface area contributed by atoms with Crippen molar-refractivity contribution >= 4 is 11.9 Å². The molecule has 2 aliphatic heterocycles. The Hall–Kier alpha value is -1.18. The van der Waals surface area contributed by atoms with E-state index in [0.717, 1.165) is 0 Å². The Balaban J connectivity index is 2.10. The van der Waals surface area contributed by atoms with E-state index in [1.54, 1.807) is 4.90 Å². The summed E-state index contributed by atoms with van der Waals surface area (Å²) in [6, 6.07) is -0.727. The van der Waals surface area contributed by atoms with Crippen molar-refractivity contribution in [1.29, 1.82) is 0 Å². The van der Waals surface area contributed by atoms with Crippen LogP contribution in [0.15, 0.2) is 0 Å². The summed E-state index contributed by atoms with van der Waals surface area (Å²) in [7, 11) is 0. The predicted molar refractivity (Wildman–Crippen MR) is 65.4 cm³/mol. The van der Waals surface area contributed by atoms with Gasteiger partial charge in [-0.3, -0.25) is 9.59 Å². The number of carbonyl (C=O) groups is 2. The van der Waals surface area contributed by atoms with E-state index in [0.29, 0.717) is 19.8 Å². The molecule has 0 radical (unpaired) electrons.